The molecule has 0 N–H and O–H groups in total. The van der Waals surface area contributed by atoms with E-state index < -0.39 is 0 Å². The van der Waals surface area contributed by atoms with Crippen LogP contribution in [0.2, 0.25) is 0 Å². The molecule has 3 unspecified atom stereocenters. The van der Waals surface area contributed by atoms with E-state index in [4.69, 9.17) is 16.0 Å². The lowest BCUT2D eigenvalue weighted by atomic mass is 9.89. The van der Waals surface area contributed by atoms with Gasteiger partial charge in [-0.05, 0) is 60.3 Å². The third-order valence-electron chi connectivity index (χ3n) is 5.67. The van der Waals surface area contributed by atoms with Gasteiger partial charge in [0.2, 0.25) is 0 Å². The molecular weight excluding hydrogens is 407 g/mol. The minimum Gasteiger partial charge on any atom is -0.488 e. The first-order valence-electron chi connectivity index (χ1n) is 10.7. The first-order valence-corrected chi connectivity index (χ1v) is 12.7. The number of allylic oxidation sites excluding steroid dienone is 8. The van der Waals surface area contributed by atoms with Crippen LogP contribution in [0.15, 0.2) is 91.1 Å². The van der Waals surface area contributed by atoms with Gasteiger partial charge < -0.3 is 4.74 Å². The molecule has 0 fully saturated rings. The second-order valence-electron chi connectivity index (χ2n) is 8.03. The second kappa shape index (κ2) is 10.8. The highest BCUT2D eigenvalue weighted by Gasteiger charge is 2.18. The lowest BCUT2D eigenvalue weighted by Gasteiger charge is -2.21. The van der Waals surface area contributed by atoms with Crippen LogP contribution < -0.4 is 10.0 Å². The third-order valence-corrected chi connectivity index (χ3v) is 6.86. The molecule has 1 nitrogen and oxygen atoms in total. The lowest BCUT2D eigenvalue weighted by Crippen LogP contribution is -2.13. The van der Waals surface area contributed by atoms with E-state index in [1.54, 1.807) is 0 Å². The summed E-state index contributed by atoms with van der Waals surface area (Å²) in [6.45, 7) is 0.568. The lowest BCUT2D eigenvalue weighted by molar-refractivity contribution is 0.304. The van der Waals surface area contributed by atoms with Crippen LogP contribution in [0.1, 0.15) is 29.5 Å². The molecule has 0 bridgehead atoms. The molecule has 2 aromatic rings. The average Bonchev–Trinajstić information content (AvgIpc) is 2.80. The zero-order valence-electron chi connectivity index (χ0n) is 17.1. The molecule has 0 radical (unpaired) electrons. The normalized spacial score (nSPS) is 20.3. The fourth-order valence-corrected chi connectivity index (χ4v) is 5.13. The van der Waals surface area contributed by atoms with Gasteiger partial charge >= 0.3 is 0 Å². The second-order valence-corrected chi connectivity index (χ2v) is 9.32. The third kappa shape index (κ3) is 5.75. The van der Waals surface area contributed by atoms with Crippen molar-refractivity contribution < 1.29 is 4.74 Å². The van der Waals surface area contributed by atoms with Crippen LogP contribution in [0.3, 0.4) is 0 Å². The summed E-state index contributed by atoms with van der Waals surface area (Å²) in [5, 5.41) is 1.13. The molecule has 2 aromatic carbocycles. The van der Waals surface area contributed by atoms with Crippen molar-refractivity contribution in [3.05, 3.63) is 108 Å². The number of rotatable bonds is 8. The molecule has 0 aromatic heterocycles. The Hall–Kier alpha value is -2.08. The zero-order chi connectivity index (χ0) is 20.6. The van der Waals surface area contributed by atoms with Crippen LogP contribution in [0, 0.1) is 11.8 Å². The Labute approximate surface area is 186 Å². The minimum atomic E-state index is 0.197. The van der Waals surface area contributed by atoms with Crippen molar-refractivity contribution in [1.82, 2.24) is 0 Å². The smallest absolute Gasteiger partial charge is 0.131 e. The maximum absolute atomic E-state index is 6.44. The Morgan fingerprint density at radius 1 is 0.833 bits per heavy atom. The van der Waals surface area contributed by atoms with E-state index in [2.05, 4.69) is 85.0 Å². The van der Waals surface area contributed by atoms with E-state index in [1.807, 2.05) is 6.07 Å². The van der Waals surface area contributed by atoms with E-state index in [-0.39, 0.29) is 7.93 Å². The van der Waals surface area contributed by atoms with Crippen LogP contribution in [-0.4, -0.2) is 0 Å². The molecular formula is C27H28ClOP. The highest BCUT2D eigenvalue weighted by molar-refractivity contribution is 7.75. The largest absolute Gasteiger partial charge is 0.488 e. The van der Waals surface area contributed by atoms with Crippen LogP contribution in [-0.2, 0) is 19.4 Å². The van der Waals surface area contributed by atoms with E-state index in [0.29, 0.717) is 18.4 Å². The zero-order valence-corrected chi connectivity index (χ0v) is 18.9. The number of hydrogen-bond donors (Lipinski definition) is 0. The minimum absolute atomic E-state index is 0.197. The van der Waals surface area contributed by atoms with Gasteiger partial charge in [-0.1, -0.05) is 96.2 Å². The van der Waals surface area contributed by atoms with Gasteiger partial charge in [-0.3, -0.25) is 0 Å². The van der Waals surface area contributed by atoms with Gasteiger partial charge in [0.1, 0.15) is 12.4 Å². The van der Waals surface area contributed by atoms with Crippen molar-refractivity contribution >= 4 is 24.5 Å². The van der Waals surface area contributed by atoms with Gasteiger partial charge in [0.25, 0.3) is 0 Å². The molecule has 2 aliphatic rings. The van der Waals surface area contributed by atoms with Gasteiger partial charge in [-0.25, -0.2) is 0 Å². The molecule has 2 aliphatic carbocycles. The fraction of sp³-hybridized carbons (Fsp3) is 0.259. The van der Waals surface area contributed by atoms with Crippen molar-refractivity contribution in [2.24, 2.45) is 11.8 Å². The number of hydrogen-bond acceptors (Lipinski definition) is 1. The van der Waals surface area contributed by atoms with Gasteiger partial charge in [-0.15, -0.1) is 0 Å². The monoisotopic (exact) mass is 434 g/mol. The van der Waals surface area contributed by atoms with Crippen molar-refractivity contribution in [3.8, 4) is 5.75 Å². The Bertz CT molecular complexity index is 958. The Kier molecular flexibility index (Phi) is 7.62. The first kappa shape index (κ1) is 21.2. The summed E-state index contributed by atoms with van der Waals surface area (Å²) in [5.41, 5.74) is 3.82. The van der Waals surface area contributed by atoms with E-state index in [0.717, 1.165) is 36.7 Å². The van der Waals surface area contributed by atoms with Crippen LogP contribution in [0.5, 0.6) is 5.75 Å². The maximum atomic E-state index is 6.44. The molecule has 154 valence electrons. The van der Waals surface area contributed by atoms with Crippen molar-refractivity contribution in [3.63, 3.8) is 0 Å². The first-order chi connectivity index (χ1) is 14.8. The molecule has 3 atom stereocenters. The van der Waals surface area contributed by atoms with E-state index in [9.17, 15) is 0 Å². The Balaban J connectivity index is 1.61. The fourth-order valence-electron chi connectivity index (χ4n) is 4.15. The molecule has 4 rings (SSSR count). The highest BCUT2D eigenvalue weighted by atomic mass is 35.7. The summed E-state index contributed by atoms with van der Waals surface area (Å²) in [6.07, 6.45) is 21.9. The molecule has 0 amide bonds. The predicted octanol–water partition coefficient (Wildman–Crippen LogP) is 7.07. The van der Waals surface area contributed by atoms with Crippen LogP contribution in [0.4, 0.5) is 0 Å². The molecule has 3 heteroatoms. The maximum Gasteiger partial charge on any atom is 0.131 e. The molecule has 30 heavy (non-hydrogen) atoms. The van der Waals surface area contributed by atoms with E-state index >= 15 is 0 Å². The van der Waals surface area contributed by atoms with Crippen molar-refractivity contribution in [2.45, 2.75) is 32.3 Å². The quantitative estimate of drug-likeness (QED) is 0.403. The molecule has 0 spiro atoms. The number of ether oxygens (including phenoxy) is 1. The number of halogens is 1. The van der Waals surface area contributed by atoms with Gasteiger partial charge in [-0.2, -0.15) is 0 Å². The van der Waals surface area contributed by atoms with Gasteiger partial charge in [0, 0.05) is 13.2 Å². The summed E-state index contributed by atoms with van der Waals surface area (Å²) in [4.78, 5) is 0. The summed E-state index contributed by atoms with van der Waals surface area (Å²) in [6, 6.07) is 15.0. The summed E-state index contributed by atoms with van der Waals surface area (Å²) >= 11 is 6.44. The van der Waals surface area contributed by atoms with Crippen molar-refractivity contribution in [1.29, 1.82) is 0 Å². The molecule has 0 aliphatic heterocycles. The highest BCUT2D eigenvalue weighted by Crippen LogP contribution is 2.33. The van der Waals surface area contributed by atoms with E-state index in [1.165, 1.54) is 16.7 Å². The summed E-state index contributed by atoms with van der Waals surface area (Å²) < 4.78 is 6.39. The standard InChI is InChI=1S/C27H28ClOP/c28-30-26-19-24(16-21-10-4-1-5-11-21)18-25(17-22-12-6-2-7-13-22)27(26)29-20-23-14-8-3-9-15-23/h1-10,12,14-15,18-19,21-22,30H,11,13,16-17,20H2. The number of benzene rings is 2. The Morgan fingerprint density at radius 3 is 2.17 bits per heavy atom. The topological polar surface area (TPSA) is 9.23 Å². The van der Waals surface area contributed by atoms with Crippen molar-refractivity contribution in [2.75, 3.05) is 0 Å². The average molecular weight is 435 g/mol. The SMILES string of the molecule is ClPc1cc(CC2C=CC=CC2)cc(CC2C=CC=CC2)c1OCc1ccccc1. The van der Waals surface area contributed by atoms with Crippen LogP contribution in [0.25, 0.3) is 0 Å². The summed E-state index contributed by atoms with van der Waals surface area (Å²) in [5.74, 6) is 2.05. The Morgan fingerprint density at radius 2 is 1.53 bits per heavy atom. The molecule has 0 saturated heterocycles. The van der Waals surface area contributed by atoms with Gasteiger partial charge in [0.15, 0.2) is 0 Å². The predicted molar refractivity (Wildman–Crippen MR) is 131 cm³/mol. The summed E-state index contributed by atoms with van der Waals surface area (Å²) in [7, 11) is 0.197. The van der Waals surface area contributed by atoms with Gasteiger partial charge in [0.05, 0.1) is 0 Å². The molecule has 0 heterocycles. The van der Waals surface area contributed by atoms with Crippen LogP contribution >= 0.6 is 19.2 Å². The molecule has 0 saturated carbocycles.